The van der Waals surface area contributed by atoms with E-state index in [0.29, 0.717) is 5.92 Å². The predicted octanol–water partition coefficient (Wildman–Crippen LogP) is 1.50. The van der Waals surface area contributed by atoms with Gasteiger partial charge in [-0.25, -0.2) is 0 Å². The van der Waals surface area contributed by atoms with Gasteiger partial charge in [-0.05, 0) is 26.7 Å². The van der Waals surface area contributed by atoms with Gasteiger partial charge in [0.05, 0.1) is 0 Å². The smallest absolute Gasteiger partial charge is 0.00805 e. The first kappa shape index (κ1) is 8.76. The summed E-state index contributed by atoms with van der Waals surface area (Å²) in [5.74, 6) is 3.95. The molecule has 1 unspecified atom stereocenters. The number of rotatable bonds is 2. The highest BCUT2D eigenvalue weighted by Gasteiger charge is 1.86. The first-order chi connectivity index (χ1) is 3.92. The fourth-order valence-electron chi connectivity index (χ4n) is 0.323. The van der Waals surface area contributed by atoms with E-state index in [0.717, 1.165) is 0 Å². The van der Waals surface area contributed by atoms with Crippen molar-refractivity contribution in [1.29, 1.82) is 0 Å². The van der Waals surface area contributed by atoms with Gasteiger partial charge >= 0.3 is 0 Å². The topological polar surface area (TPSA) is 17.1 Å². The highest BCUT2D eigenvalue weighted by atomic mass is 32.2. The van der Waals surface area contributed by atoms with Crippen molar-refractivity contribution in [3.05, 3.63) is 11.5 Å². The molecule has 1 nitrogen and oxygen atoms in total. The molecular weight excluding hydrogens is 132 g/mol. The second-order valence-electron chi connectivity index (χ2n) is 2.64. The Morgan fingerprint density at radius 1 is 1.56 bits per heavy atom. The highest BCUT2D eigenvalue weighted by Crippen LogP contribution is 1.95. The van der Waals surface area contributed by atoms with Crippen LogP contribution < -0.4 is 0 Å². The largest absolute Gasteiger partial charge is 0.264 e. The Bertz CT molecular complexity index is 185. The van der Waals surface area contributed by atoms with Crippen LogP contribution in [-0.4, -0.2) is 16.3 Å². The van der Waals surface area contributed by atoms with Gasteiger partial charge in [0.2, 0.25) is 0 Å². The lowest BCUT2D eigenvalue weighted by atomic mass is 10.2. The standard InChI is InChI=1S/C7H14OS/c1-7(2)5-6-9(3,4)8/h5-7H,3H2,1-2,4H3/b6-5+. The molecule has 0 bridgehead atoms. The van der Waals surface area contributed by atoms with Crippen molar-refractivity contribution < 1.29 is 4.21 Å². The fraction of sp³-hybridized carbons (Fsp3) is 0.571. The van der Waals surface area contributed by atoms with Crippen LogP contribution in [0.3, 0.4) is 0 Å². The second-order valence-corrected chi connectivity index (χ2v) is 5.06. The van der Waals surface area contributed by atoms with Gasteiger partial charge in [0, 0.05) is 6.26 Å². The van der Waals surface area contributed by atoms with E-state index in [1.54, 1.807) is 11.7 Å². The Morgan fingerprint density at radius 2 is 2.00 bits per heavy atom. The lowest BCUT2D eigenvalue weighted by molar-refractivity contribution is 0.689. The minimum absolute atomic E-state index is 0.465. The van der Waals surface area contributed by atoms with Crippen molar-refractivity contribution >= 4 is 15.4 Å². The molecule has 0 saturated carbocycles. The van der Waals surface area contributed by atoms with Gasteiger partial charge in [0.15, 0.2) is 0 Å². The maximum atomic E-state index is 10.9. The van der Waals surface area contributed by atoms with Crippen molar-refractivity contribution in [1.82, 2.24) is 0 Å². The normalized spacial score (nSPS) is 18.7. The molecule has 0 aromatic heterocycles. The molecule has 9 heavy (non-hydrogen) atoms. The third-order valence-electron chi connectivity index (χ3n) is 0.751. The first-order valence-electron chi connectivity index (χ1n) is 2.92. The molecule has 0 rings (SSSR count). The summed E-state index contributed by atoms with van der Waals surface area (Å²) in [6.07, 6.45) is 3.54. The SMILES string of the molecule is C=S(C)(=O)/C=C/C(C)C. The molecule has 0 aliphatic heterocycles. The van der Waals surface area contributed by atoms with Crippen molar-refractivity contribution in [2.75, 3.05) is 6.26 Å². The Kier molecular flexibility index (Phi) is 2.98. The monoisotopic (exact) mass is 146 g/mol. The van der Waals surface area contributed by atoms with E-state index < -0.39 is 9.52 Å². The Balaban J connectivity index is 4.03. The summed E-state index contributed by atoms with van der Waals surface area (Å²) < 4.78 is 10.9. The molecule has 1 atom stereocenters. The zero-order valence-corrected chi connectivity index (χ0v) is 7.07. The van der Waals surface area contributed by atoms with Crippen molar-refractivity contribution in [2.24, 2.45) is 5.92 Å². The van der Waals surface area contributed by atoms with Gasteiger partial charge in [0.25, 0.3) is 0 Å². The minimum atomic E-state index is -1.90. The third kappa shape index (κ3) is 7.76. The zero-order chi connectivity index (χ0) is 7.49. The van der Waals surface area contributed by atoms with Crippen molar-refractivity contribution in [2.45, 2.75) is 13.8 Å². The average molecular weight is 146 g/mol. The van der Waals surface area contributed by atoms with Gasteiger partial charge in [-0.2, -0.15) is 0 Å². The third-order valence-corrected chi connectivity index (χ3v) is 1.48. The predicted molar refractivity (Wildman–Crippen MR) is 45.2 cm³/mol. The van der Waals surface area contributed by atoms with Crippen LogP contribution in [0.2, 0.25) is 0 Å². The summed E-state index contributed by atoms with van der Waals surface area (Å²) >= 11 is 0. The van der Waals surface area contributed by atoms with Crippen LogP contribution in [0.25, 0.3) is 0 Å². The van der Waals surface area contributed by atoms with Crippen LogP contribution in [0.15, 0.2) is 11.5 Å². The summed E-state index contributed by atoms with van der Waals surface area (Å²) in [5.41, 5.74) is 0. The maximum absolute atomic E-state index is 10.9. The van der Waals surface area contributed by atoms with Gasteiger partial charge in [0.1, 0.15) is 0 Å². The second kappa shape index (κ2) is 3.06. The molecule has 0 aliphatic carbocycles. The molecular formula is C7H14OS. The highest BCUT2D eigenvalue weighted by molar-refractivity contribution is 8.02. The van der Waals surface area contributed by atoms with E-state index in [9.17, 15) is 4.21 Å². The quantitative estimate of drug-likeness (QED) is 0.540. The van der Waals surface area contributed by atoms with Crippen LogP contribution in [0.4, 0.5) is 0 Å². The van der Waals surface area contributed by atoms with Crippen LogP contribution >= 0.6 is 0 Å². The molecule has 0 N–H and O–H groups in total. The molecule has 0 amide bonds. The van der Waals surface area contributed by atoms with Crippen LogP contribution in [0.1, 0.15) is 13.8 Å². The zero-order valence-electron chi connectivity index (χ0n) is 6.26. The molecule has 0 heterocycles. The fourth-order valence-corrected chi connectivity index (χ4v) is 0.970. The summed E-state index contributed by atoms with van der Waals surface area (Å²) in [7, 11) is -1.90. The molecule has 0 fully saturated rings. The lowest BCUT2D eigenvalue weighted by Gasteiger charge is -1.93. The molecule has 0 aromatic carbocycles. The van der Waals surface area contributed by atoms with Gasteiger partial charge in [-0.3, -0.25) is 4.21 Å². The molecule has 0 spiro atoms. The Morgan fingerprint density at radius 3 is 2.11 bits per heavy atom. The minimum Gasteiger partial charge on any atom is -0.264 e. The van der Waals surface area contributed by atoms with Crippen LogP contribution in [-0.2, 0) is 9.52 Å². The molecule has 0 saturated heterocycles. The lowest BCUT2D eigenvalue weighted by Crippen LogP contribution is -1.89. The molecule has 0 aliphatic rings. The van der Waals surface area contributed by atoms with E-state index in [2.05, 4.69) is 5.87 Å². The van der Waals surface area contributed by atoms with E-state index in [1.807, 2.05) is 19.9 Å². The van der Waals surface area contributed by atoms with Crippen molar-refractivity contribution in [3.8, 4) is 0 Å². The molecule has 2 heteroatoms. The van der Waals surface area contributed by atoms with E-state index in [-0.39, 0.29) is 0 Å². The first-order valence-corrected chi connectivity index (χ1v) is 5.12. The van der Waals surface area contributed by atoms with Crippen LogP contribution in [0.5, 0.6) is 0 Å². The van der Waals surface area contributed by atoms with E-state index >= 15 is 0 Å². The van der Waals surface area contributed by atoms with E-state index in [4.69, 9.17) is 0 Å². The van der Waals surface area contributed by atoms with Gasteiger partial charge in [-0.1, -0.05) is 19.9 Å². The average Bonchev–Trinajstić information content (AvgIpc) is 1.59. The van der Waals surface area contributed by atoms with Crippen LogP contribution in [0, 0.1) is 5.92 Å². The Hall–Kier alpha value is -0.240. The van der Waals surface area contributed by atoms with Gasteiger partial charge < -0.3 is 0 Å². The number of allylic oxidation sites excluding steroid dienone is 1. The number of hydrogen-bond donors (Lipinski definition) is 0. The summed E-state index contributed by atoms with van der Waals surface area (Å²) in [6.45, 7) is 4.09. The molecule has 0 radical (unpaired) electrons. The summed E-state index contributed by atoms with van der Waals surface area (Å²) in [5, 5.41) is 1.68. The summed E-state index contributed by atoms with van der Waals surface area (Å²) in [4.78, 5) is 0. The summed E-state index contributed by atoms with van der Waals surface area (Å²) in [6, 6.07) is 0. The van der Waals surface area contributed by atoms with Crippen molar-refractivity contribution in [3.63, 3.8) is 0 Å². The maximum Gasteiger partial charge on any atom is 0.00805 e. The van der Waals surface area contributed by atoms with E-state index in [1.165, 1.54) is 0 Å². The number of hydrogen-bond acceptors (Lipinski definition) is 1. The molecule has 54 valence electrons. The van der Waals surface area contributed by atoms with Gasteiger partial charge in [-0.15, -0.1) is 0 Å². The molecule has 0 aromatic rings. The Labute approximate surface area is 57.8 Å².